The van der Waals surface area contributed by atoms with Gasteiger partial charge in [0.1, 0.15) is 5.00 Å². The van der Waals surface area contributed by atoms with Crippen molar-refractivity contribution in [2.75, 3.05) is 45.7 Å². The Kier molecular flexibility index (Phi) is 8.32. The van der Waals surface area contributed by atoms with Gasteiger partial charge >= 0.3 is 11.9 Å². The van der Waals surface area contributed by atoms with Crippen LogP contribution in [0.5, 0.6) is 0 Å². The number of nitrogens with zero attached hydrogens (tertiary/aromatic N) is 2. The molecule has 1 N–H and O–H groups in total. The van der Waals surface area contributed by atoms with Crippen molar-refractivity contribution in [3.8, 4) is 0 Å². The Labute approximate surface area is 220 Å². The van der Waals surface area contributed by atoms with E-state index in [0.717, 1.165) is 17.0 Å². The number of piperidine rings is 1. The molecule has 2 aromatic rings. The highest BCUT2D eigenvalue weighted by Gasteiger charge is 2.34. The van der Waals surface area contributed by atoms with Crippen LogP contribution in [-0.2, 0) is 37.3 Å². The first kappa shape index (κ1) is 27.2. The lowest BCUT2D eigenvalue weighted by molar-refractivity contribution is -0.149. The van der Waals surface area contributed by atoms with Crippen LogP contribution in [0.1, 0.15) is 50.9 Å². The standard InChI is InChI=1S/C25H31N3O7S2/c1-4-35-24(30)17-6-5-12-28(14-17)37(32,33)18-9-7-16(8-10-18)22(29)26-23-21(25(31)34-3)19-11-13-27(2)15-20(19)36-23/h7-10,17H,4-6,11-15H2,1-3H3,(H,26,29). The predicted octanol–water partition coefficient (Wildman–Crippen LogP) is 2.74. The highest BCUT2D eigenvalue weighted by atomic mass is 32.2. The van der Waals surface area contributed by atoms with Gasteiger partial charge in [-0.15, -0.1) is 11.3 Å². The molecule has 1 aromatic carbocycles. The van der Waals surface area contributed by atoms with Crippen LogP contribution < -0.4 is 5.32 Å². The van der Waals surface area contributed by atoms with Crippen molar-refractivity contribution in [2.45, 2.75) is 37.6 Å². The van der Waals surface area contributed by atoms with Crippen LogP contribution in [0.25, 0.3) is 0 Å². The molecule has 0 spiro atoms. The Bertz CT molecular complexity index is 1290. The average molecular weight is 550 g/mol. The molecule has 1 unspecified atom stereocenters. The number of thiophene rings is 1. The molecule has 0 aliphatic carbocycles. The van der Waals surface area contributed by atoms with Crippen molar-refractivity contribution in [2.24, 2.45) is 5.92 Å². The number of hydrogen-bond donors (Lipinski definition) is 1. The van der Waals surface area contributed by atoms with Crippen molar-refractivity contribution in [3.05, 3.63) is 45.8 Å². The van der Waals surface area contributed by atoms with Gasteiger partial charge in [-0.05, 0) is 63.1 Å². The van der Waals surface area contributed by atoms with E-state index in [1.807, 2.05) is 7.05 Å². The quantitative estimate of drug-likeness (QED) is 0.523. The van der Waals surface area contributed by atoms with Crippen LogP contribution in [-0.4, -0.2) is 75.9 Å². The Hall–Kier alpha value is -2.80. The monoisotopic (exact) mass is 549 g/mol. The minimum Gasteiger partial charge on any atom is -0.466 e. The summed E-state index contributed by atoms with van der Waals surface area (Å²) in [5, 5.41) is 3.24. The zero-order valence-corrected chi connectivity index (χ0v) is 22.7. The number of methoxy groups -OCH3 is 1. The maximum atomic E-state index is 13.2. The van der Waals surface area contributed by atoms with E-state index < -0.39 is 27.8 Å². The number of benzene rings is 1. The number of rotatable bonds is 7. The van der Waals surface area contributed by atoms with Gasteiger partial charge in [-0.25, -0.2) is 13.2 Å². The number of amides is 1. The Balaban J connectivity index is 1.50. The van der Waals surface area contributed by atoms with E-state index in [1.165, 1.54) is 47.0 Å². The highest BCUT2D eigenvalue weighted by Crippen LogP contribution is 2.37. The average Bonchev–Trinajstić information content (AvgIpc) is 3.25. The molecule has 10 nitrogen and oxygen atoms in total. The Morgan fingerprint density at radius 3 is 2.57 bits per heavy atom. The minimum atomic E-state index is -3.84. The summed E-state index contributed by atoms with van der Waals surface area (Å²) in [4.78, 5) is 40.8. The largest absolute Gasteiger partial charge is 0.466 e. The van der Waals surface area contributed by atoms with Gasteiger partial charge in [0.2, 0.25) is 10.0 Å². The van der Waals surface area contributed by atoms with E-state index in [0.29, 0.717) is 42.9 Å². The molecule has 12 heteroatoms. The lowest BCUT2D eigenvalue weighted by Gasteiger charge is -2.30. The van der Waals surface area contributed by atoms with Gasteiger partial charge in [0, 0.05) is 36.6 Å². The van der Waals surface area contributed by atoms with Crippen LogP contribution in [0.15, 0.2) is 29.2 Å². The number of sulfonamides is 1. The van der Waals surface area contributed by atoms with Crippen molar-refractivity contribution in [1.29, 1.82) is 0 Å². The summed E-state index contributed by atoms with van der Waals surface area (Å²) in [6, 6.07) is 5.64. The predicted molar refractivity (Wildman–Crippen MR) is 138 cm³/mol. The number of ether oxygens (including phenoxy) is 2. The fourth-order valence-electron chi connectivity index (χ4n) is 4.65. The number of anilines is 1. The maximum absolute atomic E-state index is 13.2. The zero-order valence-electron chi connectivity index (χ0n) is 21.1. The maximum Gasteiger partial charge on any atom is 0.341 e. The highest BCUT2D eigenvalue weighted by molar-refractivity contribution is 7.89. The molecular formula is C25H31N3O7S2. The van der Waals surface area contributed by atoms with Crippen molar-refractivity contribution >= 4 is 44.2 Å². The molecule has 2 aliphatic heterocycles. The molecule has 37 heavy (non-hydrogen) atoms. The third-order valence-corrected chi connectivity index (χ3v) is 9.63. The molecule has 0 radical (unpaired) electrons. The van der Waals surface area contributed by atoms with Crippen molar-refractivity contribution < 1.29 is 32.3 Å². The normalized spacial score (nSPS) is 18.6. The van der Waals surface area contributed by atoms with Crippen LogP contribution >= 0.6 is 11.3 Å². The third-order valence-electron chi connectivity index (χ3n) is 6.62. The van der Waals surface area contributed by atoms with Crippen LogP contribution in [0, 0.1) is 5.92 Å². The first-order valence-corrected chi connectivity index (χ1v) is 14.4. The van der Waals surface area contributed by atoms with Crippen LogP contribution in [0.4, 0.5) is 5.00 Å². The van der Waals surface area contributed by atoms with Gasteiger partial charge in [0.05, 0.1) is 30.1 Å². The van der Waals surface area contributed by atoms with Gasteiger partial charge in [-0.2, -0.15) is 4.31 Å². The number of fused-ring (bicyclic) bond motifs is 1. The lowest BCUT2D eigenvalue weighted by Crippen LogP contribution is -2.42. The summed E-state index contributed by atoms with van der Waals surface area (Å²) in [5.41, 5.74) is 1.53. The van der Waals surface area contributed by atoms with E-state index in [-0.39, 0.29) is 29.6 Å². The fraction of sp³-hybridized carbons (Fsp3) is 0.480. The number of esters is 2. The molecule has 1 aromatic heterocycles. The molecule has 0 bridgehead atoms. The van der Waals surface area contributed by atoms with Crippen molar-refractivity contribution in [1.82, 2.24) is 9.21 Å². The SMILES string of the molecule is CCOC(=O)C1CCCN(S(=O)(=O)c2ccc(C(=O)Nc3sc4c(c3C(=O)OC)CCN(C)C4)cc2)C1. The topological polar surface area (TPSA) is 122 Å². The van der Waals surface area contributed by atoms with E-state index in [2.05, 4.69) is 10.2 Å². The fourth-order valence-corrected chi connectivity index (χ4v) is 7.49. The first-order chi connectivity index (χ1) is 17.6. The molecule has 3 heterocycles. The van der Waals surface area contributed by atoms with Gasteiger partial charge in [-0.1, -0.05) is 0 Å². The lowest BCUT2D eigenvalue weighted by atomic mass is 10.0. The van der Waals surface area contributed by atoms with Crippen LogP contribution in [0.3, 0.4) is 0 Å². The summed E-state index contributed by atoms with van der Waals surface area (Å²) in [6.45, 7) is 3.83. The molecule has 2 aliphatic rings. The van der Waals surface area contributed by atoms with Gasteiger partial charge in [-0.3, -0.25) is 9.59 Å². The van der Waals surface area contributed by atoms with E-state index in [9.17, 15) is 22.8 Å². The molecular weight excluding hydrogens is 518 g/mol. The Morgan fingerprint density at radius 1 is 1.16 bits per heavy atom. The zero-order chi connectivity index (χ0) is 26.7. The van der Waals surface area contributed by atoms with Crippen LogP contribution in [0.2, 0.25) is 0 Å². The number of carbonyl (C=O) groups excluding carboxylic acids is 3. The van der Waals surface area contributed by atoms with E-state index >= 15 is 0 Å². The molecule has 1 fully saturated rings. The third kappa shape index (κ3) is 5.71. The summed E-state index contributed by atoms with van der Waals surface area (Å²) in [5.74, 6) is -1.83. The molecule has 0 saturated carbocycles. The Morgan fingerprint density at radius 2 is 1.89 bits per heavy atom. The molecule has 1 saturated heterocycles. The minimum absolute atomic E-state index is 0.0402. The number of carbonyl (C=O) groups is 3. The molecule has 4 rings (SSSR count). The number of hydrogen-bond acceptors (Lipinski definition) is 9. The smallest absolute Gasteiger partial charge is 0.341 e. The van der Waals surface area contributed by atoms with E-state index in [4.69, 9.17) is 9.47 Å². The van der Waals surface area contributed by atoms with Gasteiger partial charge in [0.25, 0.3) is 5.91 Å². The first-order valence-electron chi connectivity index (χ1n) is 12.1. The second-order valence-corrected chi connectivity index (χ2v) is 12.2. The van der Waals surface area contributed by atoms with E-state index in [1.54, 1.807) is 6.92 Å². The molecule has 200 valence electrons. The summed E-state index contributed by atoms with van der Waals surface area (Å²) < 4.78 is 37.7. The second kappa shape index (κ2) is 11.3. The summed E-state index contributed by atoms with van der Waals surface area (Å²) in [7, 11) is -0.539. The molecule has 1 atom stereocenters. The molecule has 1 amide bonds. The number of likely N-dealkylation sites (N-methyl/N-ethyl adjacent to an activating group) is 1. The van der Waals surface area contributed by atoms with Crippen molar-refractivity contribution in [3.63, 3.8) is 0 Å². The van der Waals surface area contributed by atoms with Gasteiger partial charge < -0.3 is 19.7 Å². The van der Waals surface area contributed by atoms with Gasteiger partial charge in [0.15, 0.2) is 0 Å². The second-order valence-electron chi connectivity index (χ2n) is 9.12. The number of nitrogens with one attached hydrogen (secondary N) is 1. The summed E-state index contributed by atoms with van der Waals surface area (Å²) >= 11 is 1.35. The summed E-state index contributed by atoms with van der Waals surface area (Å²) in [6.07, 6.45) is 1.83.